The maximum absolute atomic E-state index is 13.1. The van der Waals surface area contributed by atoms with Gasteiger partial charge in [0.1, 0.15) is 6.10 Å². The Bertz CT molecular complexity index is 887. The van der Waals surface area contributed by atoms with Crippen LogP contribution in [0.25, 0.3) is 6.08 Å². The van der Waals surface area contributed by atoms with Crippen molar-refractivity contribution in [1.29, 1.82) is 0 Å². The molecule has 1 aliphatic heterocycles. The Morgan fingerprint density at radius 2 is 1.97 bits per heavy atom. The quantitative estimate of drug-likeness (QED) is 0.402. The predicted octanol–water partition coefficient (Wildman–Crippen LogP) is 6.00. The molecule has 2 heterocycles. The van der Waals surface area contributed by atoms with Crippen molar-refractivity contribution < 1.29 is 19.4 Å². The number of ether oxygens (including phenoxy) is 1. The molecule has 0 fully saturated rings. The summed E-state index contributed by atoms with van der Waals surface area (Å²) in [4.78, 5) is 30.3. The number of hydrogen-bond acceptors (Lipinski definition) is 7. The van der Waals surface area contributed by atoms with Gasteiger partial charge in [-0.2, -0.15) is 0 Å². The number of carbonyl (C=O) groups excluding carboxylic acids is 2. The van der Waals surface area contributed by atoms with Crippen molar-refractivity contribution in [2.45, 2.75) is 91.1 Å². The molecule has 1 aromatic rings. The topological polar surface area (TPSA) is 76.5 Å². The number of Topliss-reactive ketones (excluding diaryl/α,β-unsaturated/α-hetero) is 1. The fraction of sp³-hybridized carbons (Fsp3) is 0.654. The van der Waals surface area contributed by atoms with Gasteiger partial charge in [0.25, 0.3) is 0 Å². The summed E-state index contributed by atoms with van der Waals surface area (Å²) in [6.45, 7) is 13.5. The summed E-state index contributed by atoms with van der Waals surface area (Å²) < 4.78 is 5.09. The number of carbonyl (C=O) groups is 2. The van der Waals surface area contributed by atoms with Crippen molar-refractivity contribution in [3.63, 3.8) is 0 Å². The number of aliphatic hydroxyl groups excluding tert-OH is 1. The minimum absolute atomic E-state index is 0.0330. The Balaban J connectivity index is 2.27. The van der Waals surface area contributed by atoms with Gasteiger partial charge in [0.05, 0.1) is 27.3 Å². The molecule has 0 saturated carbocycles. The molecule has 0 saturated heterocycles. The highest BCUT2D eigenvalue weighted by Crippen LogP contribution is 2.32. The van der Waals surface area contributed by atoms with Crippen LogP contribution in [-0.4, -0.2) is 44.6 Å². The fourth-order valence-corrected chi connectivity index (χ4v) is 5.53. The van der Waals surface area contributed by atoms with E-state index < -0.39 is 16.8 Å². The number of cyclic esters (lactones) is 1. The third-order valence-corrected chi connectivity index (χ3v) is 8.45. The molecule has 33 heavy (non-hydrogen) atoms. The lowest BCUT2D eigenvalue weighted by Crippen LogP contribution is -2.41. The summed E-state index contributed by atoms with van der Waals surface area (Å²) in [6.07, 6.45) is 6.39. The molecule has 0 spiro atoms. The summed E-state index contributed by atoms with van der Waals surface area (Å²) >= 11 is 2.87. The van der Waals surface area contributed by atoms with E-state index >= 15 is 0 Å². The molecule has 5 nitrogen and oxygen atoms in total. The van der Waals surface area contributed by atoms with Gasteiger partial charge >= 0.3 is 5.97 Å². The molecule has 0 amide bonds. The lowest BCUT2D eigenvalue weighted by molar-refractivity contribution is -0.143. The van der Waals surface area contributed by atoms with Crippen LogP contribution >= 0.6 is 23.1 Å². The Morgan fingerprint density at radius 3 is 2.61 bits per heavy atom. The van der Waals surface area contributed by atoms with Crippen molar-refractivity contribution >= 4 is 40.9 Å². The maximum atomic E-state index is 13.1. The molecule has 184 valence electrons. The third kappa shape index (κ3) is 8.37. The summed E-state index contributed by atoms with van der Waals surface area (Å²) in [7, 11) is 0. The number of rotatable bonds is 2. The molecule has 1 aliphatic rings. The highest BCUT2D eigenvalue weighted by Gasteiger charge is 2.37. The highest BCUT2D eigenvalue weighted by atomic mass is 32.2. The number of ketones is 1. The summed E-state index contributed by atoms with van der Waals surface area (Å²) in [5, 5.41) is 13.7. The van der Waals surface area contributed by atoms with Crippen molar-refractivity contribution in [3.8, 4) is 0 Å². The zero-order valence-electron chi connectivity index (χ0n) is 21.0. The smallest absolute Gasteiger partial charge is 0.316 e. The average molecular weight is 494 g/mol. The molecular weight excluding hydrogens is 454 g/mol. The van der Waals surface area contributed by atoms with Crippen LogP contribution in [-0.2, 0) is 14.3 Å². The van der Waals surface area contributed by atoms with Gasteiger partial charge < -0.3 is 9.84 Å². The van der Waals surface area contributed by atoms with E-state index in [4.69, 9.17) is 4.74 Å². The molecule has 1 N–H and O–H groups in total. The minimum atomic E-state index is -0.787. The SMILES string of the molecule is C/C1=C\C[C@@H](/C(C)=C/c2csc(C)n2)OC(=O)CSC(C)(C)C(=O)[C@H](C)[C@@H](O)[C@@H](C)CCC1. The summed E-state index contributed by atoms with van der Waals surface area (Å²) in [5.41, 5.74) is 3.06. The van der Waals surface area contributed by atoms with E-state index in [0.717, 1.165) is 35.5 Å². The monoisotopic (exact) mass is 493 g/mol. The van der Waals surface area contributed by atoms with Crippen LogP contribution in [0.1, 0.15) is 77.9 Å². The zero-order valence-corrected chi connectivity index (χ0v) is 22.6. The Hall–Kier alpha value is -1.44. The molecule has 0 unspecified atom stereocenters. The molecule has 1 aromatic heterocycles. The van der Waals surface area contributed by atoms with Crippen molar-refractivity contribution in [1.82, 2.24) is 4.98 Å². The van der Waals surface area contributed by atoms with E-state index in [1.807, 2.05) is 46.1 Å². The van der Waals surface area contributed by atoms with E-state index in [-0.39, 0.29) is 29.5 Å². The second-order valence-electron chi connectivity index (χ2n) is 9.76. The number of hydrogen-bond donors (Lipinski definition) is 1. The second kappa shape index (κ2) is 12.3. The number of esters is 1. The van der Waals surface area contributed by atoms with Crippen LogP contribution in [0.15, 0.2) is 22.6 Å². The van der Waals surface area contributed by atoms with Gasteiger partial charge in [-0.3, -0.25) is 9.59 Å². The number of aryl methyl sites for hydroxylation is 1. The van der Waals surface area contributed by atoms with Gasteiger partial charge in [-0.15, -0.1) is 23.1 Å². The Labute approximate surface area is 207 Å². The number of thiazole rings is 1. The number of nitrogens with zero attached hydrogens (tertiary/aromatic N) is 1. The molecule has 2 rings (SSSR count). The van der Waals surface area contributed by atoms with E-state index in [1.54, 1.807) is 18.3 Å². The molecular formula is C26H39NO4S2. The first kappa shape index (κ1) is 27.8. The largest absolute Gasteiger partial charge is 0.457 e. The molecule has 4 atom stereocenters. The van der Waals surface area contributed by atoms with E-state index in [2.05, 4.69) is 18.0 Å². The van der Waals surface area contributed by atoms with Gasteiger partial charge in [0.2, 0.25) is 0 Å². The molecule has 0 bridgehead atoms. The number of aliphatic hydroxyl groups is 1. The van der Waals surface area contributed by atoms with Crippen molar-refractivity contribution in [3.05, 3.63) is 33.3 Å². The predicted molar refractivity (Wildman–Crippen MR) is 138 cm³/mol. The van der Waals surface area contributed by atoms with Gasteiger partial charge in [0, 0.05) is 17.7 Å². The number of thioether (sulfide) groups is 1. The van der Waals surface area contributed by atoms with Crippen LogP contribution in [0.3, 0.4) is 0 Å². The molecule has 0 aromatic carbocycles. The van der Waals surface area contributed by atoms with E-state index in [0.29, 0.717) is 6.42 Å². The lowest BCUT2D eigenvalue weighted by atomic mass is 9.83. The minimum Gasteiger partial charge on any atom is -0.457 e. The fourth-order valence-electron chi connectivity index (χ4n) is 4.08. The molecule has 0 aliphatic carbocycles. The molecule has 7 heteroatoms. The van der Waals surface area contributed by atoms with Gasteiger partial charge in [-0.05, 0) is 71.4 Å². The van der Waals surface area contributed by atoms with Crippen LogP contribution in [0.5, 0.6) is 0 Å². The van der Waals surface area contributed by atoms with E-state index in [9.17, 15) is 14.7 Å². The van der Waals surface area contributed by atoms with Crippen LogP contribution in [0.2, 0.25) is 0 Å². The van der Waals surface area contributed by atoms with Crippen molar-refractivity contribution in [2.24, 2.45) is 11.8 Å². The highest BCUT2D eigenvalue weighted by molar-refractivity contribution is 8.02. The summed E-state index contributed by atoms with van der Waals surface area (Å²) in [6, 6.07) is 0. The second-order valence-corrected chi connectivity index (χ2v) is 12.4. The van der Waals surface area contributed by atoms with Gasteiger partial charge in [-0.1, -0.05) is 25.5 Å². The van der Waals surface area contributed by atoms with Crippen LogP contribution in [0.4, 0.5) is 0 Å². The average Bonchev–Trinajstić information content (AvgIpc) is 3.17. The first-order valence-electron chi connectivity index (χ1n) is 11.7. The lowest BCUT2D eigenvalue weighted by Gasteiger charge is -2.31. The standard InChI is InChI=1S/C26H39NO4S2/c1-16-9-8-10-17(2)24(29)19(4)25(30)26(6,7)33-15-23(28)31-22(12-11-16)18(3)13-21-14-32-20(5)27-21/h11,13-14,17,19,22,24,29H,8-10,12,15H2,1-7H3/b16-11+,18-13+/t17-,19+,22-,24-/m0/s1. The van der Waals surface area contributed by atoms with Gasteiger partial charge in [-0.25, -0.2) is 4.98 Å². The van der Waals surface area contributed by atoms with Crippen LogP contribution < -0.4 is 0 Å². The van der Waals surface area contributed by atoms with Gasteiger partial charge in [0.15, 0.2) is 5.78 Å². The van der Waals surface area contributed by atoms with E-state index in [1.165, 1.54) is 17.3 Å². The third-order valence-electron chi connectivity index (χ3n) is 6.36. The molecule has 0 radical (unpaired) electrons. The van der Waals surface area contributed by atoms with Crippen LogP contribution in [0, 0.1) is 18.8 Å². The number of allylic oxidation sites excluding steroid dienone is 1. The maximum Gasteiger partial charge on any atom is 0.316 e. The first-order chi connectivity index (χ1) is 15.4. The van der Waals surface area contributed by atoms with Crippen molar-refractivity contribution in [2.75, 3.05) is 5.75 Å². The summed E-state index contributed by atoms with van der Waals surface area (Å²) in [5.74, 6) is -0.737. The normalized spacial score (nSPS) is 30.4. The zero-order chi connectivity index (χ0) is 24.8. The Morgan fingerprint density at radius 1 is 1.27 bits per heavy atom. The number of aromatic nitrogens is 1. The Kier molecular flexibility index (Phi) is 10.4. The first-order valence-corrected chi connectivity index (χ1v) is 13.6.